The SMILES string of the molecule is CCc1cnc2sc(C(=O)NCCc3ccc(N4CC5CC6CCC65C4)cc3)c(N)c2n1.Cc1cnc2c(N)c(C(=O)NC[C@@H](C)c3cc(F)c(N4CC5OC6CCCC65C4)cc3F)sc2n1. The van der Waals surface area contributed by atoms with Crippen molar-refractivity contribution in [3.63, 3.8) is 0 Å². The van der Waals surface area contributed by atoms with Crippen LogP contribution in [0.5, 0.6) is 0 Å². The van der Waals surface area contributed by atoms with E-state index in [4.69, 9.17) is 16.2 Å². The lowest BCUT2D eigenvalue weighted by molar-refractivity contribution is -0.205. The number of nitrogens with one attached hydrogen (secondary N) is 2. The molecule has 12 rings (SSSR count). The van der Waals surface area contributed by atoms with Crippen molar-refractivity contribution in [1.29, 1.82) is 0 Å². The molecule has 7 atom stereocenters. The van der Waals surface area contributed by atoms with Gasteiger partial charge in [0.05, 0.1) is 46.9 Å². The number of hydrogen-bond donors (Lipinski definition) is 4. The molecule has 2 spiro atoms. The zero-order chi connectivity index (χ0) is 46.4. The number of carbonyl (C=O) groups is 2. The molecule has 6 aliphatic rings. The van der Waals surface area contributed by atoms with Crippen LogP contribution < -0.4 is 31.9 Å². The number of carbonyl (C=O) groups excluding carboxylic acids is 2. The summed E-state index contributed by atoms with van der Waals surface area (Å²) in [6.45, 7) is 10.1. The number of ether oxygens (including phenoxy) is 1. The lowest BCUT2D eigenvalue weighted by atomic mass is 9.43. The molecule has 3 aliphatic heterocycles. The molecule has 7 heterocycles. The quantitative estimate of drug-likeness (QED) is 0.0985. The molecule has 6 fully saturated rings. The molecule has 0 bridgehead atoms. The summed E-state index contributed by atoms with van der Waals surface area (Å²) in [6.07, 6.45) is 12.9. The van der Waals surface area contributed by atoms with Crippen molar-refractivity contribution in [3.05, 3.63) is 92.7 Å². The van der Waals surface area contributed by atoms with Gasteiger partial charge in [0.25, 0.3) is 11.8 Å². The van der Waals surface area contributed by atoms with E-state index in [0.717, 1.165) is 55.3 Å². The predicted octanol–water partition coefficient (Wildman–Crippen LogP) is 8.20. The molecule has 3 saturated heterocycles. The fraction of sp³-hybridized carbons (Fsp3) is 0.480. The van der Waals surface area contributed by atoms with Crippen molar-refractivity contribution in [1.82, 2.24) is 30.6 Å². The van der Waals surface area contributed by atoms with Crippen molar-refractivity contribution in [2.45, 2.75) is 90.3 Å². The minimum Gasteiger partial charge on any atom is -0.396 e. The summed E-state index contributed by atoms with van der Waals surface area (Å²) in [5.41, 5.74) is 19.6. The van der Waals surface area contributed by atoms with Gasteiger partial charge in [-0.15, -0.1) is 22.7 Å². The lowest BCUT2D eigenvalue weighted by Gasteiger charge is -2.60. The zero-order valence-corrected chi connectivity index (χ0v) is 39.7. The van der Waals surface area contributed by atoms with Crippen molar-refractivity contribution in [3.8, 4) is 0 Å². The minimum atomic E-state index is -0.478. The van der Waals surface area contributed by atoms with Gasteiger partial charge in [-0.2, -0.15) is 0 Å². The van der Waals surface area contributed by atoms with E-state index >= 15 is 8.78 Å². The summed E-state index contributed by atoms with van der Waals surface area (Å²) >= 11 is 2.47. The van der Waals surface area contributed by atoms with E-state index in [2.05, 4.69) is 59.7 Å². The van der Waals surface area contributed by atoms with Crippen LogP contribution in [0.15, 0.2) is 48.8 Å². The average molecular weight is 947 g/mol. The van der Waals surface area contributed by atoms with E-state index in [1.165, 1.54) is 78.4 Å². The zero-order valence-electron chi connectivity index (χ0n) is 38.0. The summed E-state index contributed by atoms with van der Waals surface area (Å²) in [7, 11) is 0. The van der Waals surface area contributed by atoms with Crippen LogP contribution in [0.2, 0.25) is 0 Å². The number of amides is 2. The van der Waals surface area contributed by atoms with Gasteiger partial charge in [0, 0.05) is 68.6 Å². The molecule has 4 aromatic heterocycles. The predicted molar refractivity (Wildman–Crippen MR) is 260 cm³/mol. The first-order valence-corrected chi connectivity index (χ1v) is 25.3. The van der Waals surface area contributed by atoms with E-state index in [9.17, 15) is 9.59 Å². The molecule has 350 valence electrons. The number of nitrogen functional groups attached to an aromatic ring is 2. The molecule has 6 unspecified atom stereocenters. The molecular weight excluding hydrogens is 891 g/mol. The third kappa shape index (κ3) is 7.46. The maximum atomic E-state index is 15.2. The van der Waals surface area contributed by atoms with E-state index < -0.39 is 17.6 Å². The maximum absolute atomic E-state index is 15.2. The van der Waals surface area contributed by atoms with Gasteiger partial charge in [-0.05, 0) is 98.4 Å². The molecule has 3 saturated carbocycles. The average Bonchev–Trinajstić information content (AvgIpc) is 4.11. The molecular formula is C50H56F2N10O3S2. The van der Waals surface area contributed by atoms with Crippen molar-refractivity contribution < 1.29 is 23.1 Å². The van der Waals surface area contributed by atoms with E-state index in [0.29, 0.717) is 61.2 Å². The van der Waals surface area contributed by atoms with Gasteiger partial charge in [0.15, 0.2) is 0 Å². The monoisotopic (exact) mass is 946 g/mol. The molecule has 2 aromatic carbocycles. The fourth-order valence-corrected chi connectivity index (χ4v) is 13.9. The van der Waals surface area contributed by atoms with E-state index in [1.807, 2.05) is 18.7 Å². The Bertz CT molecular complexity index is 2930. The van der Waals surface area contributed by atoms with Gasteiger partial charge in [-0.3, -0.25) is 9.59 Å². The van der Waals surface area contributed by atoms with Crippen LogP contribution in [0.25, 0.3) is 20.7 Å². The summed E-state index contributed by atoms with van der Waals surface area (Å²) in [6, 6.07) is 11.4. The standard InChI is InChI=1S/C25H27F2N5O2S.C25H29N5OS/c1-12(8-30-23(33)22-20(28)21-24(35-22)31-13(2)9-29-21)14-6-16(27)17(7-15(14)26)32-10-19-25(11-32)5-3-4-18(25)34-19;1-2-18-12-28-24-21(29-18)20(26)22(32-24)23(31)27-10-8-15-3-5-19(6-4-15)30-13-17-11-16-7-9-25(16,17)14-30/h6-7,9,12,18-19H,3-5,8,10-11,28H2,1-2H3,(H,30,33);3-6,12,16-17H,2,7-11,13-14,26H2,1H3,(H,27,31)/t12-,18?,19?,25?;/m1./s1. The Labute approximate surface area is 396 Å². The molecule has 13 nitrogen and oxygen atoms in total. The Balaban J connectivity index is 0.000000148. The first kappa shape index (κ1) is 44.0. The molecule has 3 aliphatic carbocycles. The number of thiophene rings is 2. The van der Waals surface area contributed by atoms with Gasteiger partial charge in [-0.1, -0.05) is 32.4 Å². The third-order valence-electron chi connectivity index (χ3n) is 16.0. The number of halogens is 2. The maximum Gasteiger partial charge on any atom is 0.263 e. The number of hydrogen-bond acceptors (Lipinski definition) is 13. The van der Waals surface area contributed by atoms with E-state index in [-0.39, 0.29) is 52.9 Å². The highest BCUT2D eigenvalue weighted by atomic mass is 32.1. The summed E-state index contributed by atoms with van der Waals surface area (Å²) in [5.74, 6) is 0.0396. The molecule has 6 aromatic rings. The number of aryl methyl sites for hydroxylation is 2. The number of aromatic nitrogens is 4. The summed E-state index contributed by atoms with van der Waals surface area (Å²) < 4.78 is 36.3. The highest BCUT2D eigenvalue weighted by Crippen LogP contribution is 2.68. The van der Waals surface area contributed by atoms with Gasteiger partial charge >= 0.3 is 0 Å². The normalized spacial score (nSPS) is 25.8. The van der Waals surface area contributed by atoms with Gasteiger partial charge in [0.1, 0.15) is 42.1 Å². The second kappa shape index (κ2) is 16.9. The second-order valence-corrected chi connectivity index (χ2v) is 21.7. The van der Waals surface area contributed by atoms with Crippen LogP contribution in [-0.2, 0) is 17.6 Å². The smallest absolute Gasteiger partial charge is 0.263 e. The van der Waals surface area contributed by atoms with Crippen LogP contribution in [0, 0.1) is 41.2 Å². The summed E-state index contributed by atoms with van der Waals surface area (Å²) in [5, 5.41) is 5.80. The topological polar surface area (TPSA) is 178 Å². The molecule has 2 amide bonds. The summed E-state index contributed by atoms with van der Waals surface area (Å²) in [4.78, 5) is 49.7. The van der Waals surface area contributed by atoms with Gasteiger partial charge < -0.3 is 36.6 Å². The number of benzene rings is 2. The largest absolute Gasteiger partial charge is 0.396 e. The Kier molecular flexibility index (Phi) is 11.1. The molecule has 0 radical (unpaired) electrons. The van der Waals surface area contributed by atoms with Crippen molar-refractivity contribution in [2.75, 3.05) is 60.5 Å². The van der Waals surface area contributed by atoms with Crippen LogP contribution in [0.3, 0.4) is 0 Å². The Morgan fingerprint density at radius 1 is 0.866 bits per heavy atom. The number of nitrogens with two attached hydrogens (primary N) is 2. The lowest BCUT2D eigenvalue weighted by Crippen LogP contribution is -2.55. The number of rotatable bonds is 11. The molecule has 6 N–H and O–H groups in total. The minimum absolute atomic E-state index is 0.108. The molecule has 17 heteroatoms. The fourth-order valence-electron chi connectivity index (χ4n) is 12.0. The van der Waals surface area contributed by atoms with Gasteiger partial charge in [0.2, 0.25) is 0 Å². The van der Waals surface area contributed by atoms with Crippen LogP contribution in [0.4, 0.5) is 31.5 Å². The number of anilines is 4. The number of fused-ring (bicyclic) bond motifs is 2. The Morgan fingerprint density at radius 3 is 2.36 bits per heavy atom. The van der Waals surface area contributed by atoms with Gasteiger partial charge in [-0.25, -0.2) is 28.7 Å². The third-order valence-corrected chi connectivity index (χ3v) is 18.2. The van der Waals surface area contributed by atoms with Crippen LogP contribution >= 0.6 is 22.7 Å². The first-order chi connectivity index (χ1) is 32.3. The van der Waals surface area contributed by atoms with E-state index in [1.54, 1.807) is 19.3 Å². The van der Waals surface area contributed by atoms with Crippen molar-refractivity contribution in [2.24, 2.45) is 22.7 Å². The van der Waals surface area contributed by atoms with Crippen molar-refractivity contribution >= 4 is 77.9 Å². The Morgan fingerprint density at radius 2 is 1.63 bits per heavy atom. The first-order valence-electron chi connectivity index (χ1n) is 23.7. The number of nitrogens with zero attached hydrogens (tertiary/aromatic N) is 6. The second-order valence-electron chi connectivity index (χ2n) is 19.7. The van der Waals surface area contributed by atoms with Crippen LogP contribution in [0.1, 0.15) is 100 Å². The highest BCUT2D eigenvalue weighted by Gasteiger charge is 2.65. The Hall–Kier alpha value is -5.52. The molecule has 67 heavy (non-hydrogen) atoms. The van der Waals surface area contributed by atoms with Crippen LogP contribution in [-0.4, -0.2) is 83.2 Å². The highest BCUT2D eigenvalue weighted by molar-refractivity contribution is 7.21.